The summed E-state index contributed by atoms with van der Waals surface area (Å²) in [5.41, 5.74) is 1.82. The van der Waals surface area contributed by atoms with Gasteiger partial charge in [0.05, 0.1) is 5.56 Å². The number of amides is 1. The lowest BCUT2D eigenvalue weighted by Gasteiger charge is -2.35. The molecule has 4 nitrogen and oxygen atoms in total. The Hall–Kier alpha value is -1.81. The van der Waals surface area contributed by atoms with Crippen molar-refractivity contribution in [2.45, 2.75) is 18.9 Å². The minimum absolute atomic E-state index is 0.152. The quantitative estimate of drug-likeness (QED) is 0.910. The maximum atomic E-state index is 12.6. The Kier molecular flexibility index (Phi) is 3.49. The van der Waals surface area contributed by atoms with E-state index in [4.69, 9.17) is 0 Å². The Morgan fingerprint density at radius 2 is 1.95 bits per heavy atom. The number of carbonyl (C=O) groups is 1. The highest BCUT2D eigenvalue weighted by Crippen LogP contribution is 2.22. The molecule has 2 aromatic rings. The second-order valence-corrected chi connectivity index (χ2v) is 5.73. The molecule has 0 spiro atoms. The smallest absolute Gasteiger partial charge is 0.256 e. The number of H-pyrrole nitrogens is 1. The van der Waals surface area contributed by atoms with E-state index in [0.717, 1.165) is 42.4 Å². The molecule has 0 atom stereocenters. The van der Waals surface area contributed by atoms with Crippen LogP contribution in [0.4, 0.5) is 0 Å². The number of para-hydroxylation sites is 1. The number of likely N-dealkylation sites (tertiary alicyclic amines) is 1. The van der Waals surface area contributed by atoms with Gasteiger partial charge in [-0.1, -0.05) is 18.2 Å². The molecule has 0 saturated carbocycles. The van der Waals surface area contributed by atoms with Gasteiger partial charge in [0.1, 0.15) is 0 Å². The van der Waals surface area contributed by atoms with Gasteiger partial charge in [-0.15, -0.1) is 0 Å². The van der Waals surface area contributed by atoms with Crippen LogP contribution >= 0.6 is 0 Å². The van der Waals surface area contributed by atoms with Gasteiger partial charge in [-0.05, 0) is 33.0 Å². The van der Waals surface area contributed by atoms with Gasteiger partial charge < -0.3 is 14.8 Å². The van der Waals surface area contributed by atoms with E-state index in [9.17, 15) is 4.79 Å². The Balaban J connectivity index is 1.77. The van der Waals surface area contributed by atoms with E-state index >= 15 is 0 Å². The van der Waals surface area contributed by atoms with E-state index in [1.54, 1.807) is 0 Å². The number of benzene rings is 1. The summed E-state index contributed by atoms with van der Waals surface area (Å²) in [5, 5.41) is 1.02. The first kappa shape index (κ1) is 13.2. The molecular formula is C16H21N3O. The zero-order valence-corrected chi connectivity index (χ0v) is 12.1. The molecule has 0 radical (unpaired) electrons. The third kappa shape index (κ3) is 2.31. The molecule has 1 aliphatic rings. The monoisotopic (exact) mass is 271 g/mol. The number of carbonyl (C=O) groups excluding carboxylic acids is 1. The van der Waals surface area contributed by atoms with Crippen molar-refractivity contribution in [3.8, 4) is 0 Å². The third-order valence-electron chi connectivity index (χ3n) is 4.30. The number of aromatic amines is 1. The fourth-order valence-electron chi connectivity index (χ4n) is 3.00. The molecule has 0 aliphatic carbocycles. The number of nitrogens with one attached hydrogen (secondary N) is 1. The maximum absolute atomic E-state index is 12.6. The summed E-state index contributed by atoms with van der Waals surface area (Å²) in [5.74, 6) is 0.152. The van der Waals surface area contributed by atoms with Gasteiger partial charge in [-0.25, -0.2) is 0 Å². The van der Waals surface area contributed by atoms with Crippen molar-refractivity contribution in [1.82, 2.24) is 14.8 Å². The van der Waals surface area contributed by atoms with Crippen LogP contribution in [0.3, 0.4) is 0 Å². The summed E-state index contributed by atoms with van der Waals surface area (Å²) in [6, 6.07) is 8.57. The van der Waals surface area contributed by atoms with Crippen LogP contribution < -0.4 is 0 Å². The Bertz CT molecular complexity index is 609. The normalized spacial score (nSPS) is 17.1. The van der Waals surface area contributed by atoms with Crippen LogP contribution in [0.1, 0.15) is 23.2 Å². The van der Waals surface area contributed by atoms with Crippen LogP contribution in [-0.4, -0.2) is 53.9 Å². The number of rotatable bonds is 2. The van der Waals surface area contributed by atoms with Crippen molar-refractivity contribution in [1.29, 1.82) is 0 Å². The van der Waals surface area contributed by atoms with Crippen LogP contribution in [0.25, 0.3) is 10.9 Å². The summed E-state index contributed by atoms with van der Waals surface area (Å²) >= 11 is 0. The largest absolute Gasteiger partial charge is 0.360 e. The average molecular weight is 271 g/mol. The summed E-state index contributed by atoms with van der Waals surface area (Å²) < 4.78 is 0. The maximum Gasteiger partial charge on any atom is 0.256 e. The van der Waals surface area contributed by atoms with Crippen LogP contribution in [0.2, 0.25) is 0 Å². The molecule has 1 aromatic carbocycles. The van der Waals surface area contributed by atoms with Gasteiger partial charge in [0.2, 0.25) is 0 Å². The predicted molar refractivity (Wildman–Crippen MR) is 80.9 cm³/mol. The van der Waals surface area contributed by atoms with E-state index in [2.05, 4.69) is 24.0 Å². The van der Waals surface area contributed by atoms with Crippen LogP contribution in [-0.2, 0) is 0 Å². The van der Waals surface area contributed by atoms with E-state index in [1.165, 1.54) is 0 Å². The average Bonchev–Trinajstić information content (AvgIpc) is 2.90. The lowest BCUT2D eigenvalue weighted by Crippen LogP contribution is -2.44. The molecule has 20 heavy (non-hydrogen) atoms. The Labute approximate surface area is 119 Å². The van der Waals surface area contributed by atoms with Gasteiger partial charge in [-0.3, -0.25) is 4.79 Å². The molecule has 1 N–H and O–H groups in total. The van der Waals surface area contributed by atoms with E-state index in [1.807, 2.05) is 35.4 Å². The van der Waals surface area contributed by atoms with Crippen molar-refractivity contribution in [2.75, 3.05) is 27.2 Å². The number of piperidine rings is 1. The summed E-state index contributed by atoms with van der Waals surface area (Å²) in [7, 11) is 4.23. The number of hydrogen-bond acceptors (Lipinski definition) is 2. The van der Waals surface area contributed by atoms with Gasteiger partial charge in [0, 0.05) is 36.2 Å². The van der Waals surface area contributed by atoms with Crippen molar-refractivity contribution in [2.24, 2.45) is 0 Å². The molecule has 1 saturated heterocycles. The zero-order chi connectivity index (χ0) is 14.1. The van der Waals surface area contributed by atoms with E-state index < -0.39 is 0 Å². The molecule has 1 fully saturated rings. The minimum Gasteiger partial charge on any atom is -0.360 e. The molecular weight excluding hydrogens is 250 g/mol. The molecule has 0 bridgehead atoms. The zero-order valence-electron chi connectivity index (χ0n) is 12.1. The van der Waals surface area contributed by atoms with Gasteiger partial charge in [-0.2, -0.15) is 0 Å². The Morgan fingerprint density at radius 1 is 1.25 bits per heavy atom. The molecule has 1 aromatic heterocycles. The number of fused-ring (bicyclic) bond motifs is 1. The van der Waals surface area contributed by atoms with Crippen LogP contribution in [0, 0.1) is 0 Å². The van der Waals surface area contributed by atoms with Crippen LogP contribution in [0.15, 0.2) is 30.5 Å². The highest BCUT2D eigenvalue weighted by molar-refractivity contribution is 6.06. The van der Waals surface area contributed by atoms with Crippen LogP contribution in [0.5, 0.6) is 0 Å². The second-order valence-electron chi connectivity index (χ2n) is 5.73. The fourth-order valence-corrected chi connectivity index (χ4v) is 3.00. The summed E-state index contributed by atoms with van der Waals surface area (Å²) in [6.45, 7) is 1.70. The fraction of sp³-hybridized carbons (Fsp3) is 0.438. The molecule has 1 amide bonds. The molecule has 2 heterocycles. The number of aromatic nitrogens is 1. The van der Waals surface area contributed by atoms with E-state index in [-0.39, 0.29) is 5.91 Å². The summed E-state index contributed by atoms with van der Waals surface area (Å²) in [6.07, 6.45) is 3.95. The standard InChI is InChI=1S/C16H21N3O/c1-18(2)12-7-9-19(10-8-12)16(20)14-11-17-15-6-4-3-5-13(14)15/h3-6,11-12,17H,7-10H2,1-2H3. The van der Waals surface area contributed by atoms with Gasteiger partial charge in [0.15, 0.2) is 0 Å². The lowest BCUT2D eigenvalue weighted by molar-refractivity contribution is 0.0665. The molecule has 1 aliphatic heterocycles. The van der Waals surface area contributed by atoms with Gasteiger partial charge in [0.25, 0.3) is 5.91 Å². The summed E-state index contributed by atoms with van der Waals surface area (Å²) in [4.78, 5) is 20.1. The van der Waals surface area contributed by atoms with Crippen molar-refractivity contribution in [3.63, 3.8) is 0 Å². The molecule has 0 unspecified atom stereocenters. The first-order valence-corrected chi connectivity index (χ1v) is 7.18. The highest BCUT2D eigenvalue weighted by Gasteiger charge is 2.25. The molecule has 3 rings (SSSR count). The second kappa shape index (κ2) is 5.29. The van der Waals surface area contributed by atoms with Crippen molar-refractivity contribution < 1.29 is 4.79 Å². The predicted octanol–water partition coefficient (Wildman–Crippen LogP) is 2.33. The topological polar surface area (TPSA) is 39.3 Å². The number of hydrogen-bond donors (Lipinski definition) is 1. The van der Waals surface area contributed by atoms with Crippen molar-refractivity contribution in [3.05, 3.63) is 36.0 Å². The molecule has 106 valence electrons. The third-order valence-corrected chi connectivity index (χ3v) is 4.30. The highest BCUT2D eigenvalue weighted by atomic mass is 16.2. The van der Waals surface area contributed by atoms with Gasteiger partial charge >= 0.3 is 0 Å². The lowest BCUT2D eigenvalue weighted by atomic mass is 10.0. The Morgan fingerprint density at radius 3 is 2.65 bits per heavy atom. The first-order valence-electron chi connectivity index (χ1n) is 7.18. The minimum atomic E-state index is 0.152. The SMILES string of the molecule is CN(C)C1CCN(C(=O)c2c[nH]c3ccccc23)CC1. The van der Waals surface area contributed by atoms with Crippen molar-refractivity contribution >= 4 is 16.8 Å². The first-order chi connectivity index (χ1) is 9.66. The van der Waals surface area contributed by atoms with E-state index in [0.29, 0.717) is 6.04 Å². The number of nitrogens with zero attached hydrogens (tertiary/aromatic N) is 2. The molecule has 4 heteroatoms.